The minimum Gasteiger partial charge on any atom is -1.00 e. The van der Waals surface area contributed by atoms with Crippen LogP contribution < -0.4 is 66.4 Å². The lowest BCUT2D eigenvalue weighted by Crippen LogP contribution is -3.00. The fourth-order valence-corrected chi connectivity index (χ4v) is 2.52. The normalized spacial score (nSPS) is 11.2. The average Bonchev–Trinajstić information content (AvgIpc) is 2.52. The van der Waals surface area contributed by atoms with Crippen LogP contribution in [0, 0.1) is 0 Å². The lowest BCUT2D eigenvalue weighted by molar-refractivity contribution is -0.00100. The highest BCUT2D eigenvalue weighted by Crippen LogP contribution is 2.30. The van der Waals surface area contributed by atoms with Crippen molar-refractivity contribution >= 4 is 11.4 Å². The van der Waals surface area contributed by atoms with Crippen molar-refractivity contribution in [2.45, 2.75) is 6.42 Å². The predicted molar refractivity (Wildman–Crippen MR) is 111 cm³/mol. The molecule has 2 rings (SSSR count). The zero-order valence-corrected chi connectivity index (χ0v) is 22.3. The van der Waals surface area contributed by atoms with Crippen LogP contribution in [0.2, 0.25) is 0 Å². The van der Waals surface area contributed by atoms with Gasteiger partial charge in [-0.2, -0.15) is 0 Å². The number of hydrogen-bond donors (Lipinski definition) is 2. The Morgan fingerprint density at radius 3 is 1.28 bits per heavy atom. The molecule has 0 unspecified atom stereocenters. The maximum absolute atomic E-state index is 9.89. The first kappa shape index (κ1) is 28.0. The van der Waals surface area contributed by atoms with Crippen molar-refractivity contribution < 1.29 is 67.6 Å². The summed E-state index contributed by atoms with van der Waals surface area (Å²) in [5.74, 6) is 1.67. The smallest absolute Gasteiger partial charge is 0.139 e. The summed E-state index contributed by atoms with van der Waals surface area (Å²) in [6.45, 7) is 0.947. The van der Waals surface area contributed by atoms with Crippen LogP contribution in [-0.4, -0.2) is 65.7 Å². The largest absolute Gasteiger partial charge is 1.00 e. The summed E-state index contributed by atoms with van der Waals surface area (Å²) in [7, 11) is 12.2. The summed E-state index contributed by atoms with van der Waals surface area (Å²) in [6.07, 6.45) is 0.685. The van der Waals surface area contributed by atoms with Gasteiger partial charge in [-0.15, -0.1) is 0 Å². The van der Waals surface area contributed by atoms with Crippen molar-refractivity contribution in [1.82, 2.24) is 8.97 Å². The van der Waals surface area contributed by atoms with Crippen molar-refractivity contribution in [2.75, 3.05) is 55.5 Å². The van der Waals surface area contributed by atoms with Crippen molar-refractivity contribution in [1.29, 1.82) is 0 Å². The molecule has 0 aliphatic rings. The summed E-state index contributed by atoms with van der Waals surface area (Å²) in [4.78, 5) is 0. The Bertz CT molecular complexity index is 722. The fraction of sp³-hybridized carbons (Fsp3) is 0.429. The van der Waals surface area contributed by atoms with Crippen molar-refractivity contribution in [2.24, 2.45) is 0 Å². The highest BCUT2D eigenvalue weighted by Gasteiger charge is 2.16. The second-order valence-electron chi connectivity index (χ2n) is 8.45. The molecule has 8 heteroatoms. The molecule has 0 aliphatic heterocycles. The van der Waals surface area contributed by atoms with E-state index in [0.29, 0.717) is 40.1 Å². The minimum absolute atomic E-state index is 0. The van der Waals surface area contributed by atoms with Gasteiger partial charge in [0.15, 0.2) is 0 Å². The summed E-state index contributed by atoms with van der Waals surface area (Å²) in [5, 5.41) is 19.8. The zero-order chi connectivity index (χ0) is 20.2. The Hall–Kier alpha value is -0.980. The molecule has 0 spiro atoms. The van der Waals surface area contributed by atoms with Gasteiger partial charge in [-0.3, -0.25) is 8.97 Å². The summed E-state index contributed by atoms with van der Waals surface area (Å²) in [5.41, 5.74) is 1.93. The molecule has 2 aromatic carbocycles. The molecule has 0 amide bonds. The Morgan fingerprint density at radius 1 is 0.621 bits per heavy atom. The number of phenols is 2. The molecule has 164 valence electrons. The number of nitrogens with zero attached hydrogens (tertiary/aromatic N) is 2. The number of hydrogen-bond acceptors (Lipinski definition) is 4. The molecule has 2 aromatic rings. The van der Waals surface area contributed by atoms with Crippen LogP contribution in [0.3, 0.4) is 0 Å². The van der Waals surface area contributed by atoms with E-state index >= 15 is 0 Å². The van der Waals surface area contributed by atoms with Gasteiger partial charge >= 0.3 is 0 Å². The van der Waals surface area contributed by atoms with Crippen LogP contribution in [0.25, 0.3) is 0 Å². The molecule has 29 heavy (non-hydrogen) atoms. The monoisotopic (exact) mass is 630 g/mol. The van der Waals surface area contributed by atoms with Crippen molar-refractivity contribution in [3.63, 3.8) is 0 Å². The summed E-state index contributed by atoms with van der Waals surface area (Å²) in [6, 6.07) is 10.6. The molecule has 0 fully saturated rings. The van der Waals surface area contributed by atoms with E-state index < -0.39 is 0 Å². The predicted octanol–water partition coefficient (Wildman–Crippen LogP) is -2.65. The van der Waals surface area contributed by atoms with Crippen LogP contribution >= 0.6 is 0 Å². The molecule has 0 saturated heterocycles. The third kappa shape index (κ3) is 9.14. The quantitative estimate of drug-likeness (QED) is 0.190. The molecule has 6 nitrogen and oxygen atoms in total. The Kier molecular flexibility index (Phi) is 11.0. The van der Waals surface area contributed by atoms with E-state index in [2.05, 4.69) is 0 Å². The lowest BCUT2D eigenvalue weighted by Gasteiger charge is -2.24. The van der Waals surface area contributed by atoms with Gasteiger partial charge in [-0.05, 0) is 0 Å². The molecular formula is C21H32I2N2O4. The molecule has 2 N–H and O–H groups in total. The van der Waals surface area contributed by atoms with Crippen LogP contribution in [0.4, 0.5) is 11.4 Å². The van der Waals surface area contributed by atoms with E-state index in [1.54, 1.807) is 24.3 Å². The van der Waals surface area contributed by atoms with E-state index in [1.165, 1.54) is 0 Å². The molecule has 0 atom stereocenters. The van der Waals surface area contributed by atoms with E-state index in [-0.39, 0.29) is 59.5 Å². The summed E-state index contributed by atoms with van der Waals surface area (Å²) < 4.78 is 12.7. The van der Waals surface area contributed by atoms with E-state index in [1.807, 2.05) is 54.4 Å². The molecule has 0 saturated carbocycles. The Morgan fingerprint density at radius 2 is 0.966 bits per heavy atom. The van der Waals surface area contributed by atoms with E-state index in [9.17, 15) is 10.2 Å². The molecule has 0 aromatic heterocycles. The third-order valence-corrected chi connectivity index (χ3v) is 4.13. The number of ether oxygens (including phenoxy) is 2. The first-order chi connectivity index (χ1) is 12.4. The van der Waals surface area contributed by atoms with Crippen molar-refractivity contribution in [3.05, 3.63) is 36.4 Å². The van der Waals surface area contributed by atoms with Crippen LogP contribution in [0.15, 0.2) is 36.4 Å². The van der Waals surface area contributed by atoms with Gasteiger partial charge < -0.3 is 67.6 Å². The molecule has 0 aliphatic carbocycles. The highest BCUT2D eigenvalue weighted by molar-refractivity contribution is 5.52. The zero-order valence-electron chi connectivity index (χ0n) is 17.9. The van der Waals surface area contributed by atoms with Crippen LogP contribution in [0.1, 0.15) is 6.42 Å². The molecule has 0 radical (unpaired) electrons. The maximum atomic E-state index is 9.89. The first-order valence-electron chi connectivity index (χ1n) is 9.03. The van der Waals surface area contributed by atoms with E-state index in [4.69, 9.17) is 9.47 Å². The van der Waals surface area contributed by atoms with Crippen LogP contribution in [0.5, 0.6) is 23.0 Å². The number of phenolic OH excluding ortho intramolecular Hbond substituents is 2. The van der Waals surface area contributed by atoms with Gasteiger partial charge in [0.05, 0.1) is 55.5 Å². The maximum Gasteiger partial charge on any atom is 0.139 e. The minimum atomic E-state index is 0. The van der Waals surface area contributed by atoms with Crippen LogP contribution in [-0.2, 0) is 0 Å². The van der Waals surface area contributed by atoms with Gasteiger partial charge in [0.2, 0.25) is 0 Å². The number of rotatable bonds is 8. The molecule has 0 bridgehead atoms. The van der Waals surface area contributed by atoms with E-state index in [0.717, 1.165) is 11.4 Å². The number of quaternary nitrogens is 2. The van der Waals surface area contributed by atoms with Gasteiger partial charge in [-0.1, -0.05) is 0 Å². The second kappa shape index (κ2) is 11.4. The SMILES string of the molecule is C[N+](C)(C)c1cc(O)cc(OCCCOc2cc(O)cc([N+](C)(C)C)c2)c1.[I-].[I-]. The first-order valence-corrected chi connectivity index (χ1v) is 9.03. The third-order valence-electron chi connectivity index (χ3n) is 4.13. The number of aromatic hydroxyl groups is 2. The topological polar surface area (TPSA) is 58.9 Å². The average molecular weight is 630 g/mol. The fourth-order valence-electron chi connectivity index (χ4n) is 2.52. The number of benzene rings is 2. The second-order valence-corrected chi connectivity index (χ2v) is 8.45. The van der Waals surface area contributed by atoms with Gasteiger partial charge in [-0.25, -0.2) is 0 Å². The van der Waals surface area contributed by atoms with Gasteiger partial charge in [0.1, 0.15) is 34.4 Å². The summed E-state index contributed by atoms with van der Waals surface area (Å²) >= 11 is 0. The Labute approximate surface area is 208 Å². The van der Waals surface area contributed by atoms with Crippen molar-refractivity contribution in [3.8, 4) is 23.0 Å². The standard InChI is InChI=1S/C21H30N2O4.2HI/c1-22(2,3)16-10-18(24)14-20(12-16)26-8-7-9-27-21-13-17(23(4,5)6)11-19(25)15-21;;/h10-15H,7-9H2,1-6H3;2*1H. The molecular weight excluding hydrogens is 598 g/mol. The molecule has 0 heterocycles. The number of halogens is 2. The van der Waals surface area contributed by atoms with Gasteiger partial charge in [0, 0.05) is 42.8 Å². The Balaban J connectivity index is 0.00000392. The lowest BCUT2D eigenvalue weighted by atomic mass is 10.2. The highest BCUT2D eigenvalue weighted by atomic mass is 127. The van der Waals surface area contributed by atoms with Gasteiger partial charge in [0.25, 0.3) is 0 Å².